The lowest BCUT2D eigenvalue weighted by Gasteiger charge is -2.21. The quantitative estimate of drug-likeness (QED) is 0.624. The van der Waals surface area contributed by atoms with Crippen LogP contribution in [0.2, 0.25) is 0 Å². The average Bonchev–Trinajstić information content (AvgIpc) is 2.36. The zero-order valence-corrected chi connectivity index (χ0v) is 12.6. The molecule has 110 valence electrons. The van der Waals surface area contributed by atoms with Gasteiger partial charge in [0.2, 0.25) is 0 Å². The van der Waals surface area contributed by atoms with Gasteiger partial charge in [0.1, 0.15) is 16.8 Å². The monoisotopic (exact) mass is 298 g/mol. The highest BCUT2D eigenvalue weighted by atomic mass is 32.1. The first-order valence-corrected chi connectivity index (χ1v) is 6.70. The fourth-order valence-corrected chi connectivity index (χ4v) is 2.12. The van der Waals surface area contributed by atoms with Crippen molar-refractivity contribution in [3.05, 3.63) is 29.6 Å². The molecule has 1 atom stereocenters. The van der Waals surface area contributed by atoms with Gasteiger partial charge >= 0.3 is 5.97 Å². The van der Waals surface area contributed by atoms with Crippen LogP contribution in [-0.2, 0) is 9.53 Å². The third kappa shape index (κ3) is 4.16. The van der Waals surface area contributed by atoms with E-state index in [4.69, 9.17) is 22.7 Å². The second-order valence-electron chi connectivity index (χ2n) is 4.88. The predicted octanol–water partition coefficient (Wildman–Crippen LogP) is 2.46. The Hall–Kier alpha value is -1.69. The van der Waals surface area contributed by atoms with Crippen LogP contribution in [-0.4, -0.2) is 24.1 Å². The van der Waals surface area contributed by atoms with Gasteiger partial charge in [0.15, 0.2) is 0 Å². The number of methoxy groups -OCH3 is 1. The van der Waals surface area contributed by atoms with E-state index in [-0.39, 0.29) is 16.5 Å². The molecule has 0 fully saturated rings. The van der Waals surface area contributed by atoms with Crippen molar-refractivity contribution in [3.8, 4) is 0 Å². The van der Waals surface area contributed by atoms with Crippen LogP contribution < -0.4 is 11.1 Å². The topological polar surface area (TPSA) is 64.3 Å². The number of esters is 1. The molecule has 4 nitrogen and oxygen atoms in total. The number of thiocarbonyl (C=S) groups is 1. The molecule has 20 heavy (non-hydrogen) atoms. The number of benzene rings is 1. The molecule has 1 aromatic rings. The van der Waals surface area contributed by atoms with Crippen molar-refractivity contribution in [2.45, 2.75) is 26.3 Å². The molecule has 0 heterocycles. The number of nitrogens with two attached hydrogens (primary N) is 1. The molecular weight excluding hydrogens is 279 g/mol. The molecule has 0 amide bonds. The number of carbonyl (C=O) groups is 1. The molecule has 0 spiro atoms. The van der Waals surface area contributed by atoms with E-state index in [1.165, 1.54) is 19.2 Å². The number of ether oxygens (including phenoxy) is 1. The lowest BCUT2D eigenvalue weighted by atomic mass is 10.0. The van der Waals surface area contributed by atoms with Crippen LogP contribution in [0.5, 0.6) is 0 Å². The Balaban J connectivity index is 3.08. The Kier molecular flexibility index (Phi) is 5.88. The molecule has 0 aliphatic heterocycles. The van der Waals surface area contributed by atoms with Gasteiger partial charge in [0.25, 0.3) is 0 Å². The fourth-order valence-electron chi connectivity index (χ4n) is 1.91. The highest BCUT2D eigenvalue weighted by Crippen LogP contribution is 2.21. The van der Waals surface area contributed by atoms with Gasteiger partial charge < -0.3 is 15.8 Å². The van der Waals surface area contributed by atoms with Crippen LogP contribution in [0.3, 0.4) is 0 Å². The molecular formula is C14H19FN2O2S. The second kappa shape index (κ2) is 7.19. The molecule has 3 N–H and O–H groups in total. The number of halogens is 1. The normalized spacial score (nSPS) is 12.1. The van der Waals surface area contributed by atoms with Gasteiger partial charge in [-0.25, -0.2) is 9.18 Å². The number of carbonyl (C=O) groups excluding carboxylic acids is 1. The lowest BCUT2D eigenvalue weighted by Crippen LogP contribution is -2.33. The number of nitrogens with one attached hydrogen (secondary N) is 1. The Labute approximate surface area is 123 Å². The van der Waals surface area contributed by atoms with Gasteiger partial charge in [0, 0.05) is 5.69 Å². The third-order valence-electron chi connectivity index (χ3n) is 2.78. The van der Waals surface area contributed by atoms with Crippen LogP contribution >= 0.6 is 12.2 Å². The Morgan fingerprint density at radius 1 is 1.50 bits per heavy atom. The molecule has 1 aromatic carbocycles. The molecule has 0 aliphatic carbocycles. The van der Waals surface area contributed by atoms with E-state index in [2.05, 4.69) is 5.32 Å². The predicted molar refractivity (Wildman–Crippen MR) is 81.2 cm³/mol. The number of anilines is 1. The van der Waals surface area contributed by atoms with E-state index in [0.29, 0.717) is 12.1 Å². The van der Waals surface area contributed by atoms with Gasteiger partial charge in [-0.15, -0.1) is 0 Å². The Bertz CT molecular complexity index is 506. The smallest absolute Gasteiger partial charge is 0.328 e. The third-order valence-corrected chi connectivity index (χ3v) is 2.99. The summed E-state index contributed by atoms with van der Waals surface area (Å²) in [4.78, 5) is 11.7. The number of hydrogen-bond donors (Lipinski definition) is 2. The van der Waals surface area contributed by atoms with Gasteiger partial charge in [-0.3, -0.25) is 0 Å². The fraction of sp³-hybridized carbons (Fsp3) is 0.429. The SMILES string of the molecule is COC(=O)C(CC(C)C)Nc1cccc(F)c1C(N)=S. The van der Waals surface area contributed by atoms with Crippen molar-refractivity contribution < 1.29 is 13.9 Å². The first-order chi connectivity index (χ1) is 9.36. The van der Waals surface area contributed by atoms with E-state index in [9.17, 15) is 9.18 Å². The highest BCUT2D eigenvalue weighted by Gasteiger charge is 2.22. The minimum atomic E-state index is -0.574. The molecule has 0 saturated heterocycles. The first-order valence-electron chi connectivity index (χ1n) is 6.29. The molecule has 6 heteroatoms. The summed E-state index contributed by atoms with van der Waals surface area (Å²) in [6, 6.07) is 3.86. The number of rotatable bonds is 6. The van der Waals surface area contributed by atoms with Crippen molar-refractivity contribution in [1.29, 1.82) is 0 Å². The van der Waals surface area contributed by atoms with Crippen molar-refractivity contribution in [1.82, 2.24) is 0 Å². The summed E-state index contributed by atoms with van der Waals surface area (Å²) in [6.07, 6.45) is 0.556. The zero-order chi connectivity index (χ0) is 15.3. The van der Waals surface area contributed by atoms with Gasteiger partial charge in [0.05, 0.1) is 12.7 Å². The maximum absolute atomic E-state index is 13.8. The van der Waals surface area contributed by atoms with Gasteiger partial charge in [-0.05, 0) is 24.5 Å². The molecule has 0 bridgehead atoms. The Morgan fingerprint density at radius 3 is 2.65 bits per heavy atom. The molecule has 0 radical (unpaired) electrons. The van der Waals surface area contributed by atoms with Crippen molar-refractivity contribution >= 4 is 28.9 Å². The largest absolute Gasteiger partial charge is 0.467 e. The molecule has 1 rings (SSSR count). The lowest BCUT2D eigenvalue weighted by molar-refractivity contribution is -0.141. The molecule has 0 aromatic heterocycles. The highest BCUT2D eigenvalue weighted by molar-refractivity contribution is 7.80. The summed E-state index contributed by atoms with van der Waals surface area (Å²) in [7, 11) is 1.32. The van der Waals surface area contributed by atoms with E-state index in [0.717, 1.165) is 0 Å². The van der Waals surface area contributed by atoms with Gasteiger partial charge in [-0.2, -0.15) is 0 Å². The Morgan fingerprint density at radius 2 is 2.15 bits per heavy atom. The zero-order valence-electron chi connectivity index (χ0n) is 11.8. The van der Waals surface area contributed by atoms with E-state index < -0.39 is 17.8 Å². The van der Waals surface area contributed by atoms with Crippen LogP contribution in [0, 0.1) is 11.7 Å². The molecule has 0 aliphatic rings. The maximum atomic E-state index is 13.8. The maximum Gasteiger partial charge on any atom is 0.328 e. The second-order valence-corrected chi connectivity index (χ2v) is 5.32. The van der Waals surface area contributed by atoms with Crippen LogP contribution in [0.1, 0.15) is 25.8 Å². The van der Waals surface area contributed by atoms with Gasteiger partial charge in [-0.1, -0.05) is 32.1 Å². The average molecular weight is 298 g/mol. The van der Waals surface area contributed by atoms with Crippen LogP contribution in [0.4, 0.5) is 10.1 Å². The summed E-state index contributed by atoms with van der Waals surface area (Å²) in [5.41, 5.74) is 6.04. The summed E-state index contributed by atoms with van der Waals surface area (Å²) < 4.78 is 18.5. The molecule has 1 unspecified atom stereocenters. The molecule has 0 saturated carbocycles. The van der Waals surface area contributed by atoms with E-state index >= 15 is 0 Å². The standard InChI is InChI=1S/C14H19FN2O2S/c1-8(2)7-11(14(18)19-3)17-10-6-4-5-9(15)12(10)13(16)20/h4-6,8,11,17H,7H2,1-3H3,(H2,16,20). The summed E-state index contributed by atoms with van der Waals surface area (Å²) in [6.45, 7) is 3.97. The number of hydrogen-bond acceptors (Lipinski definition) is 4. The van der Waals surface area contributed by atoms with Crippen molar-refractivity contribution in [2.24, 2.45) is 11.7 Å². The minimum absolute atomic E-state index is 0.0567. The minimum Gasteiger partial charge on any atom is -0.467 e. The van der Waals surface area contributed by atoms with Crippen LogP contribution in [0.15, 0.2) is 18.2 Å². The van der Waals surface area contributed by atoms with Crippen molar-refractivity contribution in [2.75, 3.05) is 12.4 Å². The summed E-state index contributed by atoms with van der Waals surface area (Å²) >= 11 is 4.85. The van der Waals surface area contributed by atoms with Crippen molar-refractivity contribution in [3.63, 3.8) is 0 Å². The summed E-state index contributed by atoms with van der Waals surface area (Å²) in [5, 5.41) is 2.97. The van der Waals surface area contributed by atoms with Crippen LogP contribution in [0.25, 0.3) is 0 Å². The van der Waals surface area contributed by atoms with E-state index in [1.807, 2.05) is 13.8 Å². The summed E-state index contributed by atoms with van der Waals surface area (Å²) in [5.74, 6) is -0.652. The first kappa shape index (κ1) is 16.4. The van der Waals surface area contributed by atoms with E-state index in [1.54, 1.807) is 6.07 Å².